The molecular formula is C22H21N3O4S2. The molecule has 0 saturated carbocycles. The summed E-state index contributed by atoms with van der Waals surface area (Å²) in [5, 5.41) is 2.95. The number of carbonyl (C=O) groups excluding carboxylic acids is 2. The van der Waals surface area contributed by atoms with Gasteiger partial charge in [0.25, 0.3) is 15.9 Å². The van der Waals surface area contributed by atoms with Gasteiger partial charge in [-0.1, -0.05) is 35.6 Å². The number of fused-ring (bicyclic) bond motifs is 1. The molecule has 1 aromatic heterocycles. The average molecular weight is 456 g/mol. The van der Waals surface area contributed by atoms with Crippen LogP contribution in [0.3, 0.4) is 0 Å². The van der Waals surface area contributed by atoms with Crippen molar-refractivity contribution in [2.75, 3.05) is 9.62 Å². The molecule has 0 saturated heterocycles. The van der Waals surface area contributed by atoms with E-state index in [-0.39, 0.29) is 22.3 Å². The van der Waals surface area contributed by atoms with Crippen molar-refractivity contribution in [2.24, 2.45) is 0 Å². The van der Waals surface area contributed by atoms with Crippen molar-refractivity contribution in [1.29, 1.82) is 0 Å². The van der Waals surface area contributed by atoms with E-state index >= 15 is 0 Å². The zero-order valence-corrected chi connectivity index (χ0v) is 18.9. The van der Waals surface area contributed by atoms with Gasteiger partial charge in [-0.3, -0.25) is 19.2 Å². The molecule has 1 aliphatic heterocycles. The van der Waals surface area contributed by atoms with Crippen LogP contribution in [-0.2, 0) is 16.4 Å². The van der Waals surface area contributed by atoms with Crippen LogP contribution in [0, 0.1) is 6.92 Å². The van der Waals surface area contributed by atoms with Gasteiger partial charge in [-0.2, -0.15) is 0 Å². The smallest absolute Gasteiger partial charge is 0.264 e. The Bertz CT molecular complexity index is 1300. The Balaban J connectivity index is 1.63. The molecule has 0 unspecified atom stereocenters. The van der Waals surface area contributed by atoms with E-state index in [2.05, 4.69) is 10.3 Å². The Labute approximate surface area is 184 Å². The third-order valence-electron chi connectivity index (χ3n) is 5.13. The lowest BCUT2D eigenvalue weighted by molar-refractivity contribution is 0.101. The van der Waals surface area contributed by atoms with Crippen LogP contribution >= 0.6 is 11.3 Å². The van der Waals surface area contributed by atoms with Crippen LogP contribution in [0.15, 0.2) is 53.4 Å². The Morgan fingerprint density at radius 2 is 1.90 bits per heavy atom. The lowest BCUT2D eigenvalue weighted by Gasteiger charge is -2.24. The van der Waals surface area contributed by atoms with Crippen molar-refractivity contribution < 1.29 is 18.0 Å². The zero-order valence-electron chi connectivity index (χ0n) is 17.2. The Morgan fingerprint density at radius 1 is 1.16 bits per heavy atom. The highest BCUT2D eigenvalue weighted by atomic mass is 32.2. The van der Waals surface area contributed by atoms with Gasteiger partial charge >= 0.3 is 0 Å². The Kier molecular flexibility index (Phi) is 5.40. The fourth-order valence-electron chi connectivity index (χ4n) is 3.76. The topological polar surface area (TPSA) is 96.4 Å². The lowest BCUT2D eigenvalue weighted by atomic mass is 10.1. The van der Waals surface area contributed by atoms with E-state index in [9.17, 15) is 18.0 Å². The number of para-hydroxylation sites is 1. The highest BCUT2D eigenvalue weighted by molar-refractivity contribution is 7.92. The number of benzene rings is 2. The van der Waals surface area contributed by atoms with Gasteiger partial charge in [-0.15, -0.1) is 0 Å². The van der Waals surface area contributed by atoms with E-state index in [1.54, 1.807) is 25.1 Å². The van der Waals surface area contributed by atoms with Gasteiger partial charge in [0, 0.05) is 18.5 Å². The maximum atomic E-state index is 13.4. The van der Waals surface area contributed by atoms with E-state index in [0.29, 0.717) is 27.8 Å². The minimum Gasteiger partial charge on any atom is -0.298 e. The molecule has 2 heterocycles. The first-order chi connectivity index (χ1) is 14.7. The van der Waals surface area contributed by atoms with Crippen LogP contribution in [0.5, 0.6) is 0 Å². The molecular weight excluding hydrogens is 434 g/mol. The second kappa shape index (κ2) is 7.90. The molecule has 31 heavy (non-hydrogen) atoms. The molecule has 160 valence electrons. The number of carbonyl (C=O) groups is 2. The molecule has 7 nitrogen and oxygen atoms in total. The van der Waals surface area contributed by atoms with Crippen molar-refractivity contribution in [2.45, 2.75) is 38.1 Å². The number of hydrogen-bond acceptors (Lipinski definition) is 6. The van der Waals surface area contributed by atoms with E-state index in [1.807, 2.05) is 25.1 Å². The van der Waals surface area contributed by atoms with E-state index in [1.165, 1.54) is 23.4 Å². The van der Waals surface area contributed by atoms with Crippen LogP contribution in [0.4, 0.5) is 10.8 Å². The summed E-state index contributed by atoms with van der Waals surface area (Å²) < 4.78 is 28.2. The number of nitrogens with one attached hydrogen (secondary N) is 1. The standard InChI is InChI=1S/C22H21N3O4S2/c1-13-11-16-7-4-5-10-19(16)25(13)31(28,29)18-9-6-8-17(12-18)21(27)24-22-23-14(2)20(30-22)15(3)26/h4-10,12-13H,11H2,1-3H3,(H,23,24,27)/t13-/m0/s1. The van der Waals surface area contributed by atoms with Crippen LogP contribution in [0.1, 0.15) is 45.1 Å². The van der Waals surface area contributed by atoms with Crippen molar-refractivity contribution in [3.8, 4) is 0 Å². The molecule has 1 N–H and O–H groups in total. The quantitative estimate of drug-likeness (QED) is 0.586. The number of aryl methyl sites for hydroxylation is 1. The maximum Gasteiger partial charge on any atom is 0.264 e. The van der Waals surface area contributed by atoms with Crippen LogP contribution in [0.25, 0.3) is 0 Å². The summed E-state index contributed by atoms with van der Waals surface area (Å²) in [6.07, 6.45) is 0.636. The number of nitrogens with zero attached hydrogens (tertiary/aromatic N) is 2. The number of sulfonamides is 1. The summed E-state index contributed by atoms with van der Waals surface area (Å²) in [5.74, 6) is -0.612. The lowest BCUT2D eigenvalue weighted by Crippen LogP contribution is -2.35. The normalized spacial score (nSPS) is 15.6. The molecule has 4 rings (SSSR count). The van der Waals surface area contributed by atoms with Gasteiger partial charge < -0.3 is 0 Å². The molecule has 3 aromatic rings. The minimum atomic E-state index is -3.85. The zero-order chi connectivity index (χ0) is 22.3. The van der Waals surface area contributed by atoms with Crippen molar-refractivity contribution >= 4 is 43.9 Å². The van der Waals surface area contributed by atoms with E-state index < -0.39 is 15.9 Å². The summed E-state index contributed by atoms with van der Waals surface area (Å²) >= 11 is 1.09. The minimum absolute atomic E-state index is 0.0449. The third kappa shape index (κ3) is 3.86. The highest BCUT2D eigenvalue weighted by Gasteiger charge is 2.36. The van der Waals surface area contributed by atoms with Gasteiger partial charge in [0.15, 0.2) is 10.9 Å². The summed E-state index contributed by atoms with van der Waals surface area (Å²) in [4.78, 5) is 29.1. The maximum absolute atomic E-state index is 13.4. The van der Waals surface area contributed by atoms with Crippen molar-refractivity contribution in [1.82, 2.24) is 4.98 Å². The van der Waals surface area contributed by atoms with Crippen LogP contribution < -0.4 is 9.62 Å². The second-order valence-corrected chi connectivity index (χ2v) is 10.3. The van der Waals surface area contributed by atoms with Gasteiger partial charge in [-0.05, 0) is 50.1 Å². The summed E-state index contributed by atoms with van der Waals surface area (Å²) in [7, 11) is -3.85. The first-order valence-electron chi connectivity index (χ1n) is 9.70. The SMILES string of the molecule is CC(=O)c1sc(NC(=O)c2cccc(S(=O)(=O)N3c4ccccc4C[C@@H]3C)c2)nc1C. The van der Waals surface area contributed by atoms with Gasteiger partial charge in [0.2, 0.25) is 0 Å². The van der Waals surface area contributed by atoms with Gasteiger partial charge in [0.05, 0.1) is 21.2 Å². The largest absolute Gasteiger partial charge is 0.298 e. The Hall–Kier alpha value is -3.04. The molecule has 0 radical (unpaired) electrons. The van der Waals surface area contributed by atoms with E-state index in [0.717, 1.165) is 16.9 Å². The number of anilines is 2. The predicted molar refractivity (Wildman–Crippen MR) is 121 cm³/mol. The number of thiazole rings is 1. The van der Waals surface area contributed by atoms with E-state index in [4.69, 9.17) is 0 Å². The molecule has 0 bridgehead atoms. The van der Waals surface area contributed by atoms with Crippen molar-refractivity contribution in [3.05, 3.63) is 70.2 Å². The molecule has 0 aliphatic carbocycles. The number of amides is 1. The number of Topliss-reactive ketones (excluding diaryl/α,β-unsaturated/α-hetero) is 1. The third-order valence-corrected chi connectivity index (χ3v) is 8.23. The Morgan fingerprint density at radius 3 is 2.61 bits per heavy atom. The predicted octanol–water partition coefficient (Wildman–Crippen LogP) is 4.05. The molecule has 1 aliphatic rings. The highest BCUT2D eigenvalue weighted by Crippen LogP contribution is 2.36. The molecule has 9 heteroatoms. The van der Waals surface area contributed by atoms with Crippen LogP contribution in [-0.4, -0.2) is 31.1 Å². The first kappa shape index (κ1) is 21.2. The number of ketones is 1. The monoisotopic (exact) mass is 455 g/mol. The molecule has 0 fully saturated rings. The number of hydrogen-bond donors (Lipinski definition) is 1. The van der Waals surface area contributed by atoms with Crippen LogP contribution in [0.2, 0.25) is 0 Å². The first-order valence-corrected chi connectivity index (χ1v) is 12.0. The summed E-state index contributed by atoms with van der Waals surface area (Å²) in [6, 6.07) is 13.2. The fourth-order valence-corrected chi connectivity index (χ4v) is 6.36. The number of aromatic nitrogens is 1. The summed E-state index contributed by atoms with van der Waals surface area (Å²) in [6.45, 7) is 5.01. The summed E-state index contributed by atoms with van der Waals surface area (Å²) in [5.41, 5.74) is 2.39. The second-order valence-electron chi connectivity index (χ2n) is 7.45. The van der Waals surface area contributed by atoms with Gasteiger partial charge in [-0.25, -0.2) is 13.4 Å². The molecule has 2 aromatic carbocycles. The van der Waals surface area contributed by atoms with Gasteiger partial charge in [0.1, 0.15) is 0 Å². The molecule has 1 atom stereocenters. The fraction of sp³-hybridized carbons (Fsp3) is 0.227. The number of rotatable bonds is 5. The average Bonchev–Trinajstić information content (AvgIpc) is 3.26. The molecule has 1 amide bonds. The van der Waals surface area contributed by atoms with Crippen molar-refractivity contribution in [3.63, 3.8) is 0 Å². The molecule has 0 spiro atoms.